The van der Waals surface area contributed by atoms with Crippen molar-refractivity contribution in [2.45, 2.75) is 24.8 Å². The number of benzene rings is 1. The molecule has 2 aromatic rings. The summed E-state index contributed by atoms with van der Waals surface area (Å²) in [6, 6.07) is 12.8. The summed E-state index contributed by atoms with van der Waals surface area (Å²) in [6.45, 7) is 0. The highest BCUT2D eigenvalue weighted by Crippen LogP contribution is 2.36. The molecule has 3 rings (SSSR count). The Morgan fingerprint density at radius 1 is 1.18 bits per heavy atom. The van der Waals surface area contributed by atoms with Crippen molar-refractivity contribution < 1.29 is 9.72 Å². The maximum Gasteiger partial charge on any atom is 0.287 e. The Kier molecular flexibility index (Phi) is 3.82. The Morgan fingerprint density at radius 2 is 1.95 bits per heavy atom. The maximum atomic E-state index is 12.2. The molecule has 0 bridgehead atoms. The van der Waals surface area contributed by atoms with E-state index in [9.17, 15) is 14.9 Å². The summed E-state index contributed by atoms with van der Waals surface area (Å²) >= 11 is 0. The molecule has 6 nitrogen and oxygen atoms in total. The highest BCUT2D eigenvalue weighted by atomic mass is 16.6. The first-order valence-corrected chi connectivity index (χ1v) is 7.11. The second kappa shape index (κ2) is 5.93. The van der Waals surface area contributed by atoms with Crippen LogP contribution in [0.15, 0.2) is 48.7 Å². The summed E-state index contributed by atoms with van der Waals surface area (Å²) in [5.41, 5.74) is 1.29. The van der Waals surface area contributed by atoms with Crippen LogP contribution >= 0.6 is 0 Å². The molecule has 0 spiro atoms. The third-order valence-electron chi connectivity index (χ3n) is 4.01. The number of rotatable bonds is 4. The van der Waals surface area contributed by atoms with Crippen LogP contribution in [-0.2, 0) is 0 Å². The summed E-state index contributed by atoms with van der Waals surface area (Å²) < 4.78 is 0. The molecule has 6 heteroatoms. The Hall–Kier alpha value is -2.76. The fourth-order valence-corrected chi connectivity index (χ4v) is 2.64. The minimum Gasteiger partial charge on any atom is -0.347 e. The van der Waals surface area contributed by atoms with Crippen LogP contribution in [0.3, 0.4) is 0 Å². The smallest absolute Gasteiger partial charge is 0.287 e. The van der Waals surface area contributed by atoms with E-state index in [1.165, 1.54) is 17.7 Å². The lowest BCUT2D eigenvalue weighted by Gasteiger charge is -2.37. The molecule has 1 N–H and O–H groups in total. The van der Waals surface area contributed by atoms with Crippen molar-refractivity contribution in [1.29, 1.82) is 0 Å². The summed E-state index contributed by atoms with van der Waals surface area (Å²) in [6.07, 6.45) is 3.07. The van der Waals surface area contributed by atoms with Gasteiger partial charge in [-0.25, -0.2) is 4.98 Å². The average Bonchev–Trinajstić information content (AvgIpc) is 2.52. The van der Waals surface area contributed by atoms with E-state index in [-0.39, 0.29) is 23.3 Å². The number of carbonyl (C=O) groups excluding carboxylic acids is 1. The Balaban J connectivity index is 1.66. The van der Waals surface area contributed by atoms with E-state index in [4.69, 9.17) is 0 Å². The predicted molar refractivity (Wildman–Crippen MR) is 80.6 cm³/mol. The van der Waals surface area contributed by atoms with E-state index in [2.05, 4.69) is 22.4 Å². The highest BCUT2D eigenvalue weighted by Gasteiger charge is 2.33. The van der Waals surface area contributed by atoms with E-state index >= 15 is 0 Å². The molecule has 112 valence electrons. The van der Waals surface area contributed by atoms with Crippen molar-refractivity contribution in [3.8, 4) is 0 Å². The highest BCUT2D eigenvalue weighted by molar-refractivity contribution is 5.92. The van der Waals surface area contributed by atoms with Gasteiger partial charge >= 0.3 is 0 Å². The number of hydrogen-bond acceptors (Lipinski definition) is 4. The predicted octanol–water partition coefficient (Wildman–Crippen LogP) is 2.67. The minimum absolute atomic E-state index is 0.0897. The molecule has 0 radical (unpaired) electrons. The van der Waals surface area contributed by atoms with Crippen LogP contribution in [0.1, 0.15) is 34.8 Å². The second-order valence-corrected chi connectivity index (χ2v) is 5.33. The fourth-order valence-electron chi connectivity index (χ4n) is 2.64. The molecule has 2 atom stereocenters. The van der Waals surface area contributed by atoms with Crippen molar-refractivity contribution in [3.63, 3.8) is 0 Å². The van der Waals surface area contributed by atoms with Crippen molar-refractivity contribution in [2.24, 2.45) is 0 Å². The largest absolute Gasteiger partial charge is 0.347 e. The Bertz CT molecular complexity index is 686. The van der Waals surface area contributed by atoms with Crippen LogP contribution in [0.4, 0.5) is 5.69 Å². The summed E-state index contributed by atoms with van der Waals surface area (Å²) in [7, 11) is 0. The number of carbonyl (C=O) groups is 1. The van der Waals surface area contributed by atoms with Gasteiger partial charge in [0.25, 0.3) is 11.6 Å². The topological polar surface area (TPSA) is 85.1 Å². The number of amides is 1. The fraction of sp³-hybridized carbons (Fsp3) is 0.250. The standard InChI is InChI=1S/C16H15N3O3/c20-16(15-8-6-12(10-17-15)19(21)22)18-14-9-7-13(14)11-4-2-1-3-5-11/h1-6,8,10,13-14H,7,9H2,(H,18,20)/t13-,14-/m1/s1. The van der Waals surface area contributed by atoms with Crippen LogP contribution in [-0.4, -0.2) is 21.9 Å². The molecule has 1 amide bonds. The van der Waals surface area contributed by atoms with Crippen molar-refractivity contribution in [3.05, 3.63) is 70.0 Å². The molecular formula is C16H15N3O3. The molecular weight excluding hydrogens is 282 g/mol. The number of nitro groups is 1. The maximum absolute atomic E-state index is 12.2. The first-order valence-electron chi connectivity index (χ1n) is 7.11. The van der Waals surface area contributed by atoms with E-state index in [0.717, 1.165) is 19.0 Å². The van der Waals surface area contributed by atoms with E-state index in [1.807, 2.05) is 18.2 Å². The van der Waals surface area contributed by atoms with Crippen LogP contribution in [0.25, 0.3) is 0 Å². The van der Waals surface area contributed by atoms with Crippen molar-refractivity contribution in [2.75, 3.05) is 0 Å². The van der Waals surface area contributed by atoms with Gasteiger partial charge in [-0.2, -0.15) is 0 Å². The summed E-state index contributed by atoms with van der Waals surface area (Å²) in [5, 5.41) is 13.5. The molecule has 1 aromatic carbocycles. The molecule has 1 fully saturated rings. The molecule has 1 saturated carbocycles. The minimum atomic E-state index is -0.536. The third kappa shape index (κ3) is 2.81. The molecule has 0 aliphatic heterocycles. The first-order chi connectivity index (χ1) is 10.6. The zero-order chi connectivity index (χ0) is 15.5. The Morgan fingerprint density at radius 3 is 2.50 bits per heavy atom. The van der Waals surface area contributed by atoms with Gasteiger partial charge in [-0.15, -0.1) is 0 Å². The lowest BCUT2D eigenvalue weighted by molar-refractivity contribution is -0.385. The lowest BCUT2D eigenvalue weighted by Crippen LogP contribution is -2.45. The first kappa shape index (κ1) is 14.2. The quantitative estimate of drug-likeness (QED) is 0.694. The molecule has 0 unspecified atom stereocenters. The van der Waals surface area contributed by atoms with Gasteiger partial charge in [-0.3, -0.25) is 14.9 Å². The monoisotopic (exact) mass is 297 g/mol. The average molecular weight is 297 g/mol. The molecule has 1 aliphatic rings. The van der Waals surface area contributed by atoms with E-state index in [1.54, 1.807) is 0 Å². The number of hydrogen-bond donors (Lipinski definition) is 1. The van der Waals surface area contributed by atoms with Gasteiger partial charge in [-0.1, -0.05) is 30.3 Å². The van der Waals surface area contributed by atoms with Crippen molar-refractivity contribution >= 4 is 11.6 Å². The molecule has 1 aromatic heterocycles. The lowest BCUT2D eigenvalue weighted by atomic mass is 9.75. The summed E-state index contributed by atoms with van der Waals surface area (Å²) in [5.74, 6) is 0.0312. The number of pyridine rings is 1. The molecule has 0 saturated heterocycles. The van der Waals surface area contributed by atoms with Gasteiger partial charge in [0.15, 0.2) is 0 Å². The molecule has 1 heterocycles. The third-order valence-corrected chi connectivity index (χ3v) is 4.01. The van der Waals surface area contributed by atoms with Gasteiger partial charge in [0, 0.05) is 18.0 Å². The molecule has 22 heavy (non-hydrogen) atoms. The van der Waals surface area contributed by atoms with Crippen LogP contribution < -0.4 is 5.32 Å². The number of aromatic nitrogens is 1. The van der Waals surface area contributed by atoms with E-state index < -0.39 is 4.92 Å². The normalized spacial score (nSPS) is 20.0. The van der Waals surface area contributed by atoms with Gasteiger partial charge in [-0.05, 0) is 24.5 Å². The number of nitrogens with one attached hydrogen (secondary N) is 1. The second-order valence-electron chi connectivity index (χ2n) is 5.33. The van der Waals surface area contributed by atoms with Crippen LogP contribution in [0.5, 0.6) is 0 Å². The van der Waals surface area contributed by atoms with Gasteiger partial charge in [0.1, 0.15) is 11.9 Å². The van der Waals surface area contributed by atoms with E-state index in [0.29, 0.717) is 5.92 Å². The molecule has 1 aliphatic carbocycles. The van der Waals surface area contributed by atoms with Gasteiger partial charge in [0.05, 0.1) is 4.92 Å². The Labute approximate surface area is 127 Å². The van der Waals surface area contributed by atoms with Gasteiger partial charge < -0.3 is 5.32 Å². The van der Waals surface area contributed by atoms with Gasteiger partial charge in [0.2, 0.25) is 0 Å². The zero-order valence-electron chi connectivity index (χ0n) is 11.8. The van der Waals surface area contributed by atoms with Crippen LogP contribution in [0.2, 0.25) is 0 Å². The number of nitrogens with zero attached hydrogens (tertiary/aromatic N) is 2. The SMILES string of the molecule is O=C(N[C@@H]1CC[C@@H]1c1ccccc1)c1ccc([N+](=O)[O-])cn1. The van der Waals surface area contributed by atoms with Crippen molar-refractivity contribution in [1.82, 2.24) is 10.3 Å². The zero-order valence-corrected chi connectivity index (χ0v) is 11.8. The summed E-state index contributed by atoms with van der Waals surface area (Å²) in [4.78, 5) is 26.1. The van der Waals surface area contributed by atoms with Crippen LogP contribution in [0, 0.1) is 10.1 Å².